The molecule has 1 aromatic rings. The molecule has 1 aromatic carbocycles. The summed E-state index contributed by atoms with van der Waals surface area (Å²) in [7, 11) is 0. The summed E-state index contributed by atoms with van der Waals surface area (Å²) in [6.07, 6.45) is 4.61. The van der Waals surface area contributed by atoms with Crippen LogP contribution in [-0.4, -0.2) is 19.1 Å². The van der Waals surface area contributed by atoms with E-state index in [2.05, 4.69) is 5.16 Å². The Labute approximate surface area is 174 Å². The lowest BCUT2D eigenvalue weighted by atomic mass is 10.0. The molecule has 0 aliphatic carbocycles. The number of nitrogens with zero attached hydrogens (tertiary/aromatic N) is 1. The number of rotatable bonds is 9. The van der Waals surface area contributed by atoms with E-state index in [1.807, 2.05) is 26.0 Å². The van der Waals surface area contributed by atoms with Crippen molar-refractivity contribution in [2.45, 2.75) is 33.6 Å². The topological polar surface area (TPSA) is 40.0 Å². The monoisotopic (exact) mass is 439 g/mol. The van der Waals surface area contributed by atoms with Gasteiger partial charge in [-0.3, -0.25) is 0 Å². The summed E-state index contributed by atoms with van der Waals surface area (Å²) in [5.41, 5.74) is 2.00. The van der Waals surface area contributed by atoms with E-state index in [1.54, 1.807) is 13.0 Å². The molecule has 0 spiro atoms. The van der Waals surface area contributed by atoms with Crippen molar-refractivity contribution in [1.82, 2.24) is 0 Å². The SMILES string of the molecule is CCc1cc(OCC=C(Cl)Cl)cc(CC)c1OC(C)=NOCC=C(Cl)Cl. The molecular weight excluding hydrogens is 420 g/mol. The highest BCUT2D eigenvalue weighted by molar-refractivity contribution is 6.56. The highest BCUT2D eigenvalue weighted by atomic mass is 35.5. The molecule has 1 rings (SSSR count). The van der Waals surface area contributed by atoms with Crippen molar-refractivity contribution in [3.8, 4) is 11.5 Å². The summed E-state index contributed by atoms with van der Waals surface area (Å²) in [6, 6.07) is 3.85. The van der Waals surface area contributed by atoms with Crippen molar-refractivity contribution in [2.75, 3.05) is 13.2 Å². The average Bonchev–Trinajstić information content (AvgIpc) is 2.59. The third-order valence-electron chi connectivity index (χ3n) is 3.22. The lowest BCUT2D eigenvalue weighted by Crippen LogP contribution is -2.09. The third-order valence-corrected chi connectivity index (χ3v) is 3.84. The van der Waals surface area contributed by atoms with Crippen LogP contribution in [0.5, 0.6) is 11.5 Å². The van der Waals surface area contributed by atoms with Crippen molar-refractivity contribution in [1.29, 1.82) is 0 Å². The van der Waals surface area contributed by atoms with Gasteiger partial charge in [0.2, 0.25) is 5.90 Å². The van der Waals surface area contributed by atoms with Gasteiger partial charge < -0.3 is 14.3 Å². The Morgan fingerprint density at radius 2 is 1.50 bits per heavy atom. The zero-order valence-electron chi connectivity index (χ0n) is 14.8. The molecule has 0 aliphatic rings. The van der Waals surface area contributed by atoms with Crippen molar-refractivity contribution >= 4 is 52.3 Å². The standard InChI is InChI=1S/C18H21Cl4NO3/c1-4-13-10-15(24-8-6-16(19)20)11-14(5-2)18(13)26-12(3)23-25-9-7-17(21)22/h6-7,10-11H,4-5,8-9H2,1-3H3. The van der Waals surface area contributed by atoms with Gasteiger partial charge in [0.1, 0.15) is 33.7 Å². The van der Waals surface area contributed by atoms with Gasteiger partial charge in [0.25, 0.3) is 0 Å². The second-order valence-corrected chi connectivity index (χ2v) is 7.10. The highest BCUT2D eigenvalue weighted by Gasteiger charge is 2.13. The fraction of sp³-hybridized carbons (Fsp3) is 0.389. The Bertz CT molecular complexity index is 654. The van der Waals surface area contributed by atoms with Gasteiger partial charge in [-0.15, -0.1) is 0 Å². The summed E-state index contributed by atoms with van der Waals surface area (Å²) in [5.74, 6) is 1.85. The van der Waals surface area contributed by atoms with E-state index in [0.29, 0.717) is 12.5 Å². The number of hydrogen-bond donors (Lipinski definition) is 0. The molecule has 0 saturated heterocycles. The lowest BCUT2D eigenvalue weighted by molar-refractivity contribution is 0.167. The average molecular weight is 441 g/mol. The van der Waals surface area contributed by atoms with E-state index in [-0.39, 0.29) is 15.6 Å². The summed E-state index contributed by atoms with van der Waals surface area (Å²) < 4.78 is 11.9. The smallest absolute Gasteiger partial charge is 0.228 e. The minimum atomic E-state index is 0.126. The molecule has 0 saturated carbocycles. The minimum Gasteiger partial charge on any atom is -0.489 e. The number of aryl methyl sites for hydroxylation is 2. The quantitative estimate of drug-likeness (QED) is 0.189. The largest absolute Gasteiger partial charge is 0.489 e. The van der Waals surface area contributed by atoms with Crippen molar-refractivity contribution in [2.24, 2.45) is 5.16 Å². The molecule has 0 unspecified atom stereocenters. The molecule has 26 heavy (non-hydrogen) atoms. The van der Waals surface area contributed by atoms with Crippen molar-refractivity contribution in [3.05, 3.63) is 44.4 Å². The normalized spacial score (nSPS) is 11.0. The van der Waals surface area contributed by atoms with Gasteiger partial charge >= 0.3 is 0 Å². The fourth-order valence-electron chi connectivity index (χ4n) is 2.06. The Hall–Kier alpha value is -1.07. The number of benzene rings is 1. The first-order valence-corrected chi connectivity index (χ1v) is 9.53. The van der Waals surface area contributed by atoms with Crippen LogP contribution in [-0.2, 0) is 17.7 Å². The van der Waals surface area contributed by atoms with Crippen LogP contribution in [0.2, 0.25) is 0 Å². The molecule has 0 N–H and O–H groups in total. The van der Waals surface area contributed by atoms with Crippen LogP contribution in [0.25, 0.3) is 0 Å². The van der Waals surface area contributed by atoms with Gasteiger partial charge in [-0.05, 0) is 48.3 Å². The molecule has 8 heteroatoms. The number of hydrogen-bond acceptors (Lipinski definition) is 4. The minimum absolute atomic E-state index is 0.126. The molecular formula is C18H21Cl4NO3. The molecule has 0 heterocycles. The Morgan fingerprint density at radius 1 is 0.962 bits per heavy atom. The van der Waals surface area contributed by atoms with E-state index in [1.165, 1.54) is 6.08 Å². The number of halogens is 4. The zero-order valence-corrected chi connectivity index (χ0v) is 17.8. The van der Waals surface area contributed by atoms with Gasteiger partial charge in [0, 0.05) is 6.92 Å². The van der Waals surface area contributed by atoms with Crippen LogP contribution in [0.15, 0.2) is 38.4 Å². The molecule has 0 radical (unpaired) electrons. The fourth-order valence-corrected chi connectivity index (χ4v) is 2.31. The van der Waals surface area contributed by atoms with Gasteiger partial charge in [-0.1, -0.05) is 65.4 Å². The van der Waals surface area contributed by atoms with Crippen LogP contribution in [0, 0.1) is 0 Å². The van der Waals surface area contributed by atoms with Crippen molar-refractivity contribution < 1.29 is 14.3 Å². The molecule has 0 bridgehead atoms. The van der Waals surface area contributed by atoms with E-state index >= 15 is 0 Å². The van der Waals surface area contributed by atoms with Crippen LogP contribution in [0.1, 0.15) is 31.9 Å². The Balaban J connectivity index is 2.94. The van der Waals surface area contributed by atoms with Gasteiger partial charge in [-0.25, -0.2) is 0 Å². The van der Waals surface area contributed by atoms with Crippen LogP contribution in [0.4, 0.5) is 0 Å². The summed E-state index contributed by atoms with van der Waals surface area (Å²) >= 11 is 22.2. The Morgan fingerprint density at radius 3 is 2.00 bits per heavy atom. The second kappa shape index (κ2) is 12.3. The second-order valence-electron chi connectivity index (χ2n) is 5.08. The first-order chi connectivity index (χ1) is 12.4. The van der Waals surface area contributed by atoms with Crippen LogP contribution < -0.4 is 9.47 Å². The Kier molecular flexibility index (Phi) is 10.9. The first-order valence-electron chi connectivity index (χ1n) is 8.02. The van der Waals surface area contributed by atoms with E-state index in [0.717, 1.165) is 35.5 Å². The molecule has 0 atom stereocenters. The maximum atomic E-state index is 5.89. The van der Waals surface area contributed by atoms with Gasteiger partial charge in [0.05, 0.1) is 0 Å². The first kappa shape index (κ1) is 23.0. The van der Waals surface area contributed by atoms with Crippen LogP contribution in [0.3, 0.4) is 0 Å². The lowest BCUT2D eigenvalue weighted by Gasteiger charge is -2.16. The van der Waals surface area contributed by atoms with Crippen LogP contribution >= 0.6 is 46.4 Å². The molecule has 144 valence electrons. The molecule has 0 aliphatic heterocycles. The summed E-state index contributed by atoms with van der Waals surface area (Å²) in [4.78, 5) is 5.09. The predicted octanol–water partition coefficient (Wildman–Crippen LogP) is 6.56. The molecule has 0 fully saturated rings. The highest BCUT2D eigenvalue weighted by Crippen LogP contribution is 2.31. The van der Waals surface area contributed by atoms with Gasteiger partial charge in [-0.2, -0.15) is 0 Å². The van der Waals surface area contributed by atoms with Gasteiger partial charge in [0.15, 0.2) is 0 Å². The summed E-state index contributed by atoms with van der Waals surface area (Å²) in [5, 5.41) is 3.90. The number of oxime groups is 1. The maximum absolute atomic E-state index is 5.89. The molecule has 0 aromatic heterocycles. The number of ether oxygens (including phenoxy) is 2. The molecule has 0 amide bonds. The zero-order chi connectivity index (χ0) is 19.5. The third kappa shape index (κ3) is 8.54. The maximum Gasteiger partial charge on any atom is 0.228 e. The predicted molar refractivity (Wildman–Crippen MR) is 110 cm³/mol. The molecule has 4 nitrogen and oxygen atoms in total. The van der Waals surface area contributed by atoms with E-state index in [4.69, 9.17) is 60.7 Å². The van der Waals surface area contributed by atoms with E-state index < -0.39 is 0 Å². The van der Waals surface area contributed by atoms with E-state index in [9.17, 15) is 0 Å². The summed E-state index contributed by atoms with van der Waals surface area (Å²) in [6.45, 7) is 6.24. The van der Waals surface area contributed by atoms with Crippen molar-refractivity contribution in [3.63, 3.8) is 0 Å².